The summed E-state index contributed by atoms with van der Waals surface area (Å²) in [5.74, 6) is -0.382. The summed E-state index contributed by atoms with van der Waals surface area (Å²) in [7, 11) is 1.58. The number of anilines is 1. The van der Waals surface area contributed by atoms with E-state index in [0.29, 0.717) is 17.3 Å². The number of ether oxygens (including phenoxy) is 2. The molecule has 0 bridgehead atoms. The first-order valence-corrected chi connectivity index (χ1v) is 9.27. The van der Waals surface area contributed by atoms with Crippen LogP contribution in [0.5, 0.6) is 5.75 Å². The Morgan fingerprint density at radius 2 is 2.11 bits per heavy atom. The molecule has 3 aromatic rings. The first kappa shape index (κ1) is 19.1. The van der Waals surface area contributed by atoms with Crippen LogP contribution in [0.25, 0.3) is 10.2 Å². The van der Waals surface area contributed by atoms with Gasteiger partial charge in [-0.15, -0.1) is 0 Å². The van der Waals surface area contributed by atoms with Crippen LogP contribution in [0.2, 0.25) is 5.15 Å². The Balaban J connectivity index is 1.70. The fourth-order valence-electron chi connectivity index (χ4n) is 2.32. The van der Waals surface area contributed by atoms with Crippen LogP contribution in [0.15, 0.2) is 36.5 Å². The van der Waals surface area contributed by atoms with Gasteiger partial charge in [0.15, 0.2) is 11.2 Å². The number of amides is 1. The van der Waals surface area contributed by atoms with Crippen molar-refractivity contribution in [3.05, 3.63) is 47.2 Å². The number of hydrogen-bond donors (Lipinski definition) is 1. The minimum Gasteiger partial charge on any atom is -0.497 e. The zero-order valence-corrected chi connectivity index (χ0v) is 16.1. The number of hydrogen-bond acceptors (Lipinski definition) is 7. The second kappa shape index (κ2) is 8.32. The molecule has 0 aliphatic heterocycles. The number of thiazole rings is 1. The largest absolute Gasteiger partial charge is 0.497 e. The third-order valence-corrected chi connectivity index (χ3v) is 4.84. The van der Waals surface area contributed by atoms with E-state index in [9.17, 15) is 9.59 Å². The quantitative estimate of drug-likeness (QED) is 0.493. The number of fused-ring (bicyclic) bond motifs is 1. The van der Waals surface area contributed by atoms with Crippen molar-refractivity contribution in [1.82, 2.24) is 9.97 Å². The SMILES string of the molecule is CCC(OC(=O)c1ccnc(Cl)c1)C(=O)Nc1nc2ccc(OC)cc2s1. The van der Waals surface area contributed by atoms with E-state index in [1.54, 1.807) is 20.1 Å². The van der Waals surface area contributed by atoms with Gasteiger partial charge in [-0.1, -0.05) is 29.9 Å². The molecule has 3 rings (SSSR count). The van der Waals surface area contributed by atoms with E-state index in [1.165, 1.54) is 29.7 Å². The lowest BCUT2D eigenvalue weighted by Crippen LogP contribution is -2.32. The normalized spacial score (nSPS) is 11.8. The third kappa shape index (κ3) is 4.53. The molecule has 1 atom stereocenters. The van der Waals surface area contributed by atoms with Gasteiger partial charge in [0.05, 0.1) is 22.9 Å². The maximum absolute atomic E-state index is 12.5. The summed E-state index contributed by atoms with van der Waals surface area (Å²) in [6, 6.07) is 8.30. The van der Waals surface area contributed by atoms with Crippen molar-refractivity contribution in [3.8, 4) is 5.75 Å². The van der Waals surface area contributed by atoms with Crippen LogP contribution in [-0.2, 0) is 9.53 Å². The number of aromatic nitrogens is 2. The second-order valence-electron chi connectivity index (χ2n) is 5.51. The highest BCUT2D eigenvalue weighted by atomic mass is 35.5. The molecule has 0 aliphatic carbocycles. The number of rotatable bonds is 6. The molecule has 7 nitrogen and oxygen atoms in total. The lowest BCUT2D eigenvalue weighted by Gasteiger charge is -2.15. The van der Waals surface area contributed by atoms with E-state index < -0.39 is 18.0 Å². The summed E-state index contributed by atoms with van der Waals surface area (Å²) < 4.78 is 11.4. The fraction of sp³-hybridized carbons (Fsp3) is 0.222. The van der Waals surface area contributed by atoms with Crippen molar-refractivity contribution in [3.63, 3.8) is 0 Å². The molecular weight excluding hydrogens is 390 g/mol. The van der Waals surface area contributed by atoms with Gasteiger partial charge in [-0.2, -0.15) is 0 Å². The molecule has 0 aliphatic rings. The van der Waals surface area contributed by atoms with Gasteiger partial charge < -0.3 is 9.47 Å². The topological polar surface area (TPSA) is 90.4 Å². The van der Waals surface area contributed by atoms with Crippen LogP contribution in [0.3, 0.4) is 0 Å². The monoisotopic (exact) mass is 405 g/mol. The third-order valence-electron chi connectivity index (χ3n) is 3.70. The molecule has 1 unspecified atom stereocenters. The summed E-state index contributed by atoms with van der Waals surface area (Å²) >= 11 is 7.09. The maximum atomic E-state index is 12.5. The van der Waals surface area contributed by atoms with Gasteiger partial charge in [-0.25, -0.2) is 14.8 Å². The highest BCUT2D eigenvalue weighted by Gasteiger charge is 2.23. The zero-order chi connectivity index (χ0) is 19.4. The van der Waals surface area contributed by atoms with Gasteiger partial charge in [-0.3, -0.25) is 10.1 Å². The van der Waals surface area contributed by atoms with E-state index in [1.807, 2.05) is 12.1 Å². The lowest BCUT2D eigenvalue weighted by molar-refractivity contribution is -0.124. The highest BCUT2D eigenvalue weighted by Crippen LogP contribution is 2.29. The average molecular weight is 406 g/mol. The molecule has 0 spiro atoms. The molecule has 0 radical (unpaired) electrons. The fourth-order valence-corrected chi connectivity index (χ4v) is 3.39. The van der Waals surface area contributed by atoms with Crippen LogP contribution in [0.4, 0.5) is 5.13 Å². The Bertz CT molecular complexity index is 992. The molecular formula is C18H16ClN3O4S. The maximum Gasteiger partial charge on any atom is 0.339 e. The van der Waals surface area contributed by atoms with E-state index in [-0.39, 0.29) is 10.7 Å². The van der Waals surface area contributed by atoms with Crippen molar-refractivity contribution in [1.29, 1.82) is 0 Å². The van der Waals surface area contributed by atoms with E-state index in [4.69, 9.17) is 21.1 Å². The summed E-state index contributed by atoms with van der Waals surface area (Å²) in [6.45, 7) is 1.75. The van der Waals surface area contributed by atoms with Gasteiger partial charge in [0.1, 0.15) is 10.9 Å². The lowest BCUT2D eigenvalue weighted by atomic mass is 10.2. The molecule has 2 aromatic heterocycles. The standard InChI is InChI=1S/C18H16ClN3O4S/c1-3-13(26-17(24)10-6-7-20-15(19)8-10)16(23)22-18-21-12-5-4-11(25-2)9-14(12)27-18/h4-9,13H,3H2,1-2H3,(H,21,22,23). The smallest absolute Gasteiger partial charge is 0.339 e. The van der Waals surface area contributed by atoms with Gasteiger partial charge in [-0.05, 0) is 36.8 Å². The van der Waals surface area contributed by atoms with Gasteiger partial charge in [0, 0.05) is 6.20 Å². The Morgan fingerprint density at radius 1 is 1.30 bits per heavy atom. The van der Waals surface area contributed by atoms with E-state index in [0.717, 1.165) is 10.2 Å². The van der Waals surface area contributed by atoms with Gasteiger partial charge >= 0.3 is 5.97 Å². The van der Waals surface area contributed by atoms with Crippen molar-refractivity contribution in [2.24, 2.45) is 0 Å². The molecule has 2 heterocycles. The van der Waals surface area contributed by atoms with Crippen molar-refractivity contribution >= 4 is 50.2 Å². The Hall–Kier alpha value is -2.71. The summed E-state index contributed by atoms with van der Waals surface area (Å²) in [5.41, 5.74) is 0.973. The van der Waals surface area contributed by atoms with Crippen LogP contribution in [-0.4, -0.2) is 35.1 Å². The molecule has 27 heavy (non-hydrogen) atoms. The minimum absolute atomic E-state index is 0.173. The molecule has 9 heteroatoms. The number of carbonyl (C=O) groups excluding carboxylic acids is 2. The zero-order valence-electron chi connectivity index (χ0n) is 14.6. The first-order chi connectivity index (χ1) is 13.0. The summed E-state index contributed by atoms with van der Waals surface area (Å²) in [4.78, 5) is 32.9. The van der Waals surface area contributed by atoms with Gasteiger partial charge in [0.2, 0.25) is 0 Å². The Morgan fingerprint density at radius 3 is 2.81 bits per heavy atom. The second-order valence-corrected chi connectivity index (χ2v) is 6.93. The first-order valence-electron chi connectivity index (χ1n) is 8.08. The minimum atomic E-state index is -0.953. The predicted octanol–water partition coefficient (Wildman–Crippen LogP) is 3.93. The molecule has 1 amide bonds. The molecule has 1 N–H and O–H groups in total. The highest BCUT2D eigenvalue weighted by molar-refractivity contribution is 7.22. The molecule has 0 saturated carbocycles. The number of carbonyl (C=O) groups is 2. The van der Waals surface area contributed by atoms with Crippen LogP contribution in [0.1, 0.15) is 23.7 Å². The summed E-state index contributed by atoms with van der Waals surface area (Å²) in [6.07, 6.45) is 0.760. The molecule has 1 aromatic carbocycles. The number of nitrogens with one attached hydrogen (secondary N) is 1. The number of nitrogens with zero attached hydrogens (tertiary/aromatic N) is 2. The number of pyridine rings is 1. The van der Waals surface area contributed by atoms with Crippen LogP contribution < -0.4 is 10.1 Å². The van der Waals surface area contributed by atoms with Crippen molar-refractivity contribution in [2.45, 2.75) is 19.4 Å². The van der Waals surface area contributed by atoms with Crippen LogP contribution in [0, 0.1) is 0 Å². The van der Waals surface area contributed by atoms with Crippen LogP contribution >= 0.6 is 22.9 Å². The Labute approximate surface area is 164 Å². The molecule has 0 saturated heterocycles. The van der Waals surface area contributed by atoms with Gasteiger partial charge in [0.25, 0.3) is 5.91 Å². The molecule has 0 fully saturated rings. The number of esters is 1. The molecule has 140 valence electrons. The number of halogens is 1. The number of benzene rings is 1. The summed E-state index contributed by atoms with van der Waals surface area (Å²) in [5, 5.41) is 3.29. The van der Waals surface area contributed by atoms with Crippen molar-refractivity contribution in [2.75, 3.05) is 12.4 Å². The van der Waals surface area contributed by atoms with E-state index in [2.05, 4.69) is 15.3 Å². The Kier molecular flexibility index (Phi) is 5.88. The van der Waals surface area contributed by atoms with Crippen molar-refractivity contribution < 1.29 is 19.1 Å². The average Bonchev–Trinajstić information content (AvgIpc) is 3.06. The van der Waals surface area contributed by atoms with E-state index >= 15 is 0 Å². The predicted molar refractivity (Wildman–Crippen MR) is 104 cm³/mol. The number of methoxy groups -OCH3 is 1.